The van der Waals surface area contributed by atoms with Gasteiger partial charge in [0.2, 0.25) is 0 Å². The highest BCUT2D eigenvalue weighted by atomic mass is 19.1. The largest absolute Gasteiger partial charge is 0.379 e. The molecule has 2 aromatic rings. The number of nitrogens with one attached hydrogen (secondary N) is 1. The molecule has 0 unspecified atom stereocenters. The summed E-state index contributed by atoms with van der Waals surface area (Å²) in [5.74, 6) is -0.591. The Bertz CT molecular complexity index is 483. The van der Waals surface area contributed by atoms with Crippen LogP contribution in [0.25, 0.3) is 0 Å². The average Bonchev–Trinajstić information content (AvgIpc) is 2.28. The molecule has 0 aliphatic carbocycles. The highest BCUT2D eigenvalue weighted by Gasteiger charge is 2.00. The highest BCUT2D eigenvalue weighted by molar-refractivity contribution is 5.44. The minimum Gasteiger partial charge on any atom is -0.379 e. The van der Waals surface area contributed by atoms with Gasteiger partial charge < -0.3 is 5.32 Å². The maximum absolute atomic E-state index is 13.2. The quantitative estimate of drug-likeness (QED) is 0.832. The zero-order chi connectivity index (χ0) is 11.4. The van der Waals surface area contributed by atoms with Crippen LogP contribution in [0.4, 0.5) is 14.5 Å². The third-order valence-corrected chi connectivity index (χ3v) is 2.25. The van der Waals surface area contributed by atoms with Crippen molar-refractivity contribution in [1.82, 2.24) is 0 Å². The van der Waals surface area contributed by atoms with E-state index in [1.165, 1.54) is 18.2 Å². The first-order valence-corrected chi connectivity index (χ1v) is 4.98. The Morgan fingerprint density at radius 3 is 2.50 bits per heavy atom. The van der Waals surface area contributed by atoms with Gasteiger partial charge in [-0.15, -0.1) is 0 Å². The van der Waals surface area contributed by atoms with Crippen molar-refractivity contribution in [2.75, 3.05) is 5.32 Å². The van der Waals surface area contributed by atoms with Crippen LogP contribution in [-0.2, 0) is 6.54 Å². The Balaban J connectivity index is 2.05. The number of benzene rings is 2. The first-order valence-electron chi connectivity index (χ1n) is 4.98. The van der Waals surface area contributed by atoms with Gasteiger partial charge in [0, 0.05) is 6.54 Å². The molecule has 3 heteroatoms. The monoisotopic (exact) mass is 219 g/mol. The Morgan fingerprint density at radius 1 is 0.938 bits per heavy atom. The van der Waals surface area contributed by atoms with Gasteiger partial charge in [-0.25, -0.2) is 8.78 Å². The molecule has 0 saturated heterocycles. The van der Waals surface area contributed by atoms with Gasteiger partial charge in [0.25, 0.3) is 0 Å². The Labute approximate surface area is 92.7 Å². The van der Waals surface area contributed by atoms with Crippen LogP contribution in [0.2, 0.25) is 0 Å². The minimum atomic E-state index is -0.307. The molecule has 0 radical (unpaired) electrons. The summed E-state index contributed by atoms with van der Waals surface area (Å²) in [5.41, 5.74) is 1.20. The van der Waals surface area contributed by atoms with Crippen molar-refractivity contribution in [3.63, 3.8) is 0 Å². The first-order chi connectivity index (χ1) is 7.75. The summed E-state index contributed by atoms with van der Waals surface area (Å²) in [6.07, 6.45) is 0. The van der Waals surface area contributed by atoms with E-state index in [1.54, 1.807) is 30.3 Å². The van der Waals surface area contributed by atoms with Gasteiger partial charge in [-0.2, -0.15) is 0 Å². The summed E-state index contributed by atoms with van der Waals surface area (Å²) < 4.78 is 26.1. The van der Waals surface area contributed by atoms with Crippen LogP contribution in [0.5, 0.6) is 0 Å². The molecular weight excluding hydrogens is 208 g/mol. The maximum atomic E-state index is 13.2. The van der Waals surface area contributed by atoms with E-state index in [4.69, 9.17) is 0 Å². The van der Waals surface area contributed by atoms with E-state index in [0.717, 1.165) is 5.56 Å². The van der Waals surface area contributed by atoms with Gasteiger partial charge in [0.15, 0.2) is 0 Å². The fraction of sp³-hybridized carbons (Fsp3) is 0.0769. The zero-order valence-corrected chi connectivity index (χ0v) is 8.58. The number of para-hydroxylation sites is 1. The molecular formula is C13H11F2N. The Hall–Kier alpha value is -1.90. The van der Waals surface area contributed by atoms with Crippen LogP contribution in [0.15, 0.2) is 48.5 Å². The van der Waals surface area contributed by atoms with Crippen molar-refractivity contribution in [3.05, 3.63) is 65.7 Å². The summed E-state index contributed by atoms with van der Waals surface area (Å²) >= 11 is 0. The van der Waals surface area contributed by atoms with Gasteiger partial charge in [0.05, 0.1) is 5.69 Å². The molecule has 0 spiro atoms. The fourth-order valence-corrected chi connectivity index (χ4v) is 1.45. The summed E-state index contributed by atoms with van der Waals surface area (Å²) in [7, 11) is 0. The van der Waals surface area contributed by atoms with E-state index in [2.05, 4.69) is 5.32 Å². The summed E-state index contributed by atoms with van der Waals surface area (Å²) in [5, 5.41) is 2.91. The van der Waals surface area contributed by atoms with Gasteiger partial charge in [-0.3, -0.25) is 0 Å². The molecule has 16 heavy (non-hydrogen) atoms. The molecule has 0 atom stereocenters. The molecule has 0 aliphatic rings. The Morgan fingerprint density at radius 2 is 1.75 bits per heavy atom. The number of halogens is 2. The van der Waals surface area contributed by atoms with E-state index in [-0.39, 0.29) is 11.6 Å². The third-order valence-electron chi connectivity index (χ3n) is 2.25. The Kier molecular flexibility index (Phi) is 3.15. The van der Waals surface area contributed by atoms with E-state index >= 15 is 0 Å². The number of rotatable bonds is 3. The second-order valence-corrected chi connectivity index (χ2v) is 3.46. The number of hydrogen-bond acceptors (Lipinski definition) is 1. The molecule has 1 nitrogen and oxygen atoms in total. The lowest BCUT2D eigenvalue weighted by Crippen LogP contribution is -2.01. The van der Waals surface area contributed by atoms with E-state index in [9.17, 15) is 8.78 Å². The van der Waals surface area contributed by atoms with Crippen LogP contribution < -0.4 is 5.32 Å². The zero-order valence-electron chi connectivity index (χ0n) is 8.58. The smallest absolute Gasteiger partial charge is 0.146 e. The van der Waals surface area contributed by atoms with Crippen molar-refractivity contribution in [1.29, 1.82) is 0 Å². The molecule has 0 aromatic heterocycles. The molecule has 0 bridgehead atoms. The fourth-order valence-electron chi connectivity index (χ4n) is 1.45. The standard InChI is InChI=1S/C13H11F2N/c14-11-5-3-4-10(8-11)9-16-13-7-2-1-6-12(13)15/h1-8,16H,9H2. The summed E-state index contributed by atoms with van der Waals surface area (Å²) in [6.45, 7) is 0.401. The maximum Gasteiger partial charge on any atom is 0.146 e. The highest BCUT2D eigenvalue weighted by Crippen LogP contribution is 2.14. The summed E-state index contributed by atoms with van der Waals surface area (Å²) in [4.78, 5) is 0. The van der Waals surface area contributed by atoms with Crippen LogP contribution in [-0.4, -0.2) is 0 Å². The SMILES string of the molecule is Fc1cccc(CNc2ccccc2F)c1. The molecule has 0 aliphatic heterocycles. The molecule has 0 fully saturated rings. The van der Waals surface area contributed by atoms with Gasteiger partial charge in [0.1, 0.15) is 11.6 Å². The molecule has 82 valence electrons. The number of hydrogen-bond donors (Lipinski definition) is 1. The van der Waals surface area contributed by atoms with Crippen LogP contribution in [0, 0.1) is 11.6 Å². The van der Waals surface area contributed by atoms with Crippen molar-refractivity contribution in [2.24, 2.45) is 0 Å². The van der Waals surface area contributed by atoms with E-state index in [0.29, 0.717) is 12.2 Å². The van der Waals surface area contributed by atoms with Crippen molar-refractivity contribution in [3.8, 4) is 0 Å². The first kappa shape index (κ1) is 10.6. The van der Waals surface area contributed by atoms with Gasteiger partial charge in [-0.1, -0.05) is 24.3 Å². The van der Waals surface area contributed by atoms with Crippen LogP contribution in [0.1, 0.15) is 5.56 Å². The molecule has 0 saturated carbocycles. The lowest BCUT2D eigenvalue weighted by Gasteiger charge is -2.07. The topological polar surface area (TPSA) is 12.0 Å². The second-order valence-electron chi connectivity index (χ2n) is 3.46. The van der Waals surface area contributed by atoms with E-state index < -0.39 is 0 Å². The molecule has 2 rings (SSSR count). The van der Waals surface area contributed by atoms with Gasteiger partial charge >= 0.3 is 0 Å². The van der Waals surface area contributed by atoms with Gasteiger partial charge in [-0.05, 0) is 29.8 Å². The number of anilines is 1. The molecule has 0 amide bonds. The summed E-state index contributed by atoms with van der Waals surface area (Å²) in [6, 6.07) is 12.6. The molecule has 0 heterocycles. The van der Waals surface area contributed by atoms with E-state index in [1.807, 2.05) is 0 Å². The lowest BCUT2D eigenvalue weighted by atomic mass is 10.2. The minimum absolute atomic E-state index is 0.284. The third kappa shape index (κ3) is 2.57. The van der Waals surface area contributed by atoms with Crippen molar-refractivity contribution in [2.45, 2.75) is 6.54 Å². The normalized spacial score (nSPS) is 10.1. The predicted molar refractivity (Wildman–Crippen MR) is 60.1 cm³/mol. The lowest BCUT2D eigenvalue weighted by molar-refractivity contribution is 0.625. The average molecular weight is 219 g/mol. The van der Waals surface area contributed by atoms with Crippen molar-refractivity contribution < 1.29 is 8.78 Å². The van der Waals surface area contributed by atoms with Crippen LogP contribution >= 0.6 is 0 Å². The molecule has 1 N–H and O–H groups in total. The second kappa shape index (κ2) is 4.75. The van der Waals surface area contributed by atoms with Crippen molar-refractivity contribution >= 4 is 5.69 Å². The predicted octanol–water partition coefficient (Wildman–Crippen LogP) is 3.58. The van der Waals surface area contributed by atoms with Crippen LogP contribution in [0.3, 0.4) is 0 Å². The molecule has 2 aromatic carbocycles.